The minimum atomic E-state index is -0.365. The minimum Gasteiger partial charge on any atom is -0.482 e. The molecule has 0 heterocycles. The Kier molecular flexibility index (Phi) is 8.05. The third-order valence-corrected chi connectivity index (χ3v) is 5.41. The zero-order valence-electron chi connectivity index (χ0n) is 14.3. The van der Waals surface area contributed by atoms with Crippen molar-refractivity contribution in [3.63, 3.8) is 0 Å². The first-order chi connectivity index (χ1) is 12.1. The number of aliphatic hydroxyl groups is 1. The lowest BCUT2D eigenvalue weighted by Crippen LogP contribution is -2.14. The number of carbonyl (C=O) groups excluding carboxylic acids is 1. The van der Waals surface area contributed by atoms with Gasteiger partial charge in [0.25, 0.3) is 0 Å². The highest BCUT2D eigenvalue weighted by Crippen LogP contribution is 2.34. The number of hydrogen-bond acceptors (Lipinski definition) is 5. The van der Waals surface area contributed by atoms with Crippen LogP contribution < -0.4 is 4.74 Å². The topological polar surface area (TPSA) is 55.8 Å². The van der Waals surface area contributed by atoms with Crippen molar-refractivity contribution in [1.29, 1.82) is 0 Å². The fourth-order valence-corrected chi connectivity index (χ4v) is 4.16. The van der Waals surface area contributed by atoms with Gasteiger partial charge in [-0.3, -0.25) is 0 Å². The van der Waals surface area contributed by atoms with E-state index in [-0.39, 0.29) is 19.2 Å². The molecule has 0 aliphatic carbocycles. The van der Waals surface area contributed by atoms with E-state index >= 15 is 0 Å². The van der Waals surface area contributed by atoms with Crippen LogP contribution in [0.15, 0.2) is 46.2 Å². The number of hydrogen-bond donors (Lipinski definition) is 1. The second-order valence-corrected chi connectivity index (χ2v) is 7.24. The first-order valence-corrected chi connectivity index (χ1v) is 10.3. The van der Waals surface area contributed by atoms with Crippen molar-refractivity contribution in [2.45, 2.75) is 34.7 Å². The van der Waals surface area contributed by atoms with Crippen LogP contribution in [0.4, 0.5) is 0 Å². The van der Waals surface area contributed by atoms with Crippen molar-refractivity contribution < 1.29 is 19.4 Å². The van der Waals surface area contributed by atoms with Crippen LogP contribution in [0.2, 0.25) is 0 Å². The summed E-state index contributed by atoms with van der Waals surface area (Å²) in [4.78, 5) is 13.7. The highest BCUT2D eigenvalue weighted by atomic mass is 127. The number of aliphatic hydroxyl groups excluding tert-OH is 1. The number of alkyl halides is 1. The van der Waals surface area contributed by atoms with Gasteiger partial charge < -0.3 is 14.6 Å². The summed E-state index contributed by atoms with van der Waals surface area (Å²) in [7, 11) is 0. The fraction of sp³-hybridized carbons (Fsp3) is 0.316. The highest BCUT2D eigenvalue weighted by Gasteiger charge is 2.09. The molecule has 25 heavy (non-hydrogen) atoms. The Morgan fingerprint density at radius 2 is 2.04 bits per heavy atom. The molecule has 2 aromatic rings. The summed E-state index contributed by atoms with van der Waals surface area (Å²) in [5.41, 5.74) is 3.10. The standard InChI is InChI=1S/C19H21IO4S/c1-3-23-19(22)12-24-17-6-5-16(8-13(17)2)25-18-7-4-14(11-21)9-15(18)10-20/h4-9,21H,3,10-12H2,1-2H3. The Labute approximate surface area is 166 Å². The Bertz CT molecular complexity index is 733. The van der Waals surface area contributed by atoms with E-state index in [0.717, 1.165) is 20.4 Å². The van der Waals surface area contributed by atoms with Crippen molar-refractivity contribution in [1.82, 2.24) is 0 Å². The van der Waals surface area contributed by atoms with Gasteiger partial charge in [-0.1, -0.05) is 46.5 Å². The maximum atomic E-state index is 11.4. The van der Waals surface area contributed by atoms with Crippen LogP contribution in [0, 0.1) is 6.92 Å². The molecule has 0 fully saturated rings. The number of esters is 1. The largest absolute Gasteiger partial charge is 0.482 e. The van der Waals surface area contributed by atoms with Crippen LogP contribution in [0.3, 0.4) is 0 Å². The van der Waals surface area contributed by atoms with E-state index in [1.54, 1.807) is 18.7 Å². The van der Waals surface area contributed by atoms with Gasteiger partial charge in [-0.2, -0.15) is 0 Å². The lowest BCUT2D eigenvalue weighted by molar-refractivity contribution is -0.145. The van der Waals surface area contributed by atoms with Crippen LogP contribution in [0.5, 0.6) is 5.75 Å². The molecule has 2 aromatic carbocycles. The smallest absolute Gasteiger partial charge is 0.344 e. The van der Waals surface area contributed by atoms with E-state index in [4.69, 9.17) is 9.47 Å². The zero-order chi connectivity index (χ0) is 18.2. The maximum absolute atomic E-state index is 11.4. The molecule has 0 amide bonds. The molecule has 0 saturated heterocycles. The first-order valence-electron chi connectivity index (χ1n) is 7.93. The van der Waals surface area contributed by atoms with Crippen molar-refractivity contribution in [2.75, 3.05) is 13.2 Å². The SMILES string of the molecule is CCOC(=O)COc1ccc(Sc2ccc(CO)cc2CI)cc1C. The molecule has 0 aromatic heterocycles. The quantitative estimate of drug-likeness (QED) is 0.348. The Balaban J connectivity index is 2.09. The predicted octanol–water partition coefficient (Wildman–Crippen LogP) is 4.52. The van der Waals surface area contributed by atoms with Gasteiger partial charge in [-0.25, -0.2) is 4.79 Å². The van der Waals surface area contributed by atoms with E-state index in [0.29, 0.717) is 12.4 Å². The van der Waals surface area contributed by atoms with Crippen molar-refractivity contribution in [3.8, 4) is 5.75 Å². The number of ether oxygens (including phenoxy) is 2. The Morgan fingerprint density at radius 3 is 2.68 bits per heavy atom. The summed E-state index contributed by atoms with van der Waals surface area (Å²) in [6.45, 7) is 4.05. The molecular weight excluding hydrogens is 451 g/mol. The molecule has 0 aliphatic heterocycles. The first kappa shape index (κ1) is 20.1. The van der Waals surface area contributed by atoms with Crippen LogP contribution in [-0.2, 0) is 20.6 Å². The van der Waals surface area contributed by atoms with Crippen LogP contribution in [0.25, 0.3) is 0 Å². The molecule has 0 spiro atoms. The maximum Gasteiger partial charge on any atom is 0.344 e. The second kappa shape index (κ2) is 10.0. The molecule has 0 radical (unpaired) electrons. The summed E-state index contributed by atoms with van der Waals surface area (Å²) in [5, 5.41) is 9.27. The number of carbonyl (C=O) groups is 1. The van der Waals surface area contributed by atoms with E-state index in [1.807, 2.05) is 43.3 Å². The van der Waals surface area contributed by atoms with Gasteiger partial charge in [0.1, 0.15) is 5.75 Å². The Hall–Kier alpha value is -1.25. The molecule has 0 aliphatic rings. The third kappa shape index (κ3) is 5.90. The number of aryl methyl sites for hydroxylation is 1. The lowest BCUT2D eigenvalue weighted by Gasteiger charge is -2.12. The molecule has 1 N–H and O–H groups in total. The molecule has 0 unspecified atom stereocenters. The molecule has 0 atom stereocenters. The predicted molar refractivity (Wildman–Crippen MR) is 108 cm³/mol. The van der Waals surface area contributed by atoms with Gasteiger partial charge in [-0.05, 0) is 54.8 Å². The van der Waals surface area contributed by atoms with E-state index < -0.39 is 0 Å². The average Bonchev–Trinajstić information content (AvgIpc) is 2.61. The molecule has 0 bridgehead atoms. The van der Waals surface area contributed by atoms with Crippen molar-refractivity contribution in [2.24, 2.45) is 0 Å². The molecule has 4 nitrogen and oxygen atoms in total. The van der Waals surface area contributed by atoms with E-state index in [9.17, 15) is 9.90 Å². The number of rotatable bonds is 8. The van der Waals surface area contributed by atoms with Gasteiger partial charge >= 0.3 is 5.97 Å². The molecule has 134 valence electrons. The van der Waals surface area contributed by atoms with Crippen molar-refractivity contribution in [3.05, 3.63) is 53.1 Å². The second-order valence-electron chi connectivity index (χ2n) is 5.36. The van der Waals surface area contributed by atoms with Gasteiger partial charge in [-0.15, -0.1) is 0 Å². The summed E-state index contributed by atoms with van der Waals surface area (Å²) >= 11 is 4.01. The number of benzene rings is 2. The minimum absolute atomic E-state index is 0.0558. The van der Waals surface area contributed by atoms with Gasteiger partial charge in [0, 0.05) is 14.2 Å². The number of halogens is 1. The van der Waals surface area contributed by atoms with Crippen LogP contribution in [0.1, 0.15) is 23.6 Å². The normalized spacial score (nSPS) is 10.6. The zero-order valence-corrected chi connectivity index (χ0v) is 17.2. The van der Waals surface area contributed by atoms with Crippen LogP contribution >= 0.6 is 34.4 Å². The molecule has 2 rings (SSSR count). The van der Waals surface area contributed by atoms with E-state index in [1.165, 1.54) is 10.5 Å². The van der Waals surface area contributed by atoms with Gasteiger partial charge in [0.15, 0.2) is 6.61 Å². The summed E-state index contributed by atoms with van der Waals surface area (Å²) in [6, 6.07) is 11.9. The summed E-state index contributed by atoms with van der Waals surface area (Å²) in [6.07, 6.45) is 0. The summed E-state index contributed by atoms with van der Waals surface area (Å²) < 4.78 is 11.3. The summed E-state index contributed by atoms with van der Waals surface area (Å²) in [5.74, 6) is 0.318. The molecule has 6 heteroatoms. The monoisotopic (exact) mass is 472 g/mol. The lowest BCUT2D eigenvalue weighted by atomic mass is 10.1. The molecular formula is C19H21IO4S. The third-order valence-electron chi connectivity index (χ3n) is 3.48. The van der Waals surface area contributed by atoms with Gasteiger partial charge in [0.05, 0.1) is 13.2 Å². The Morgan fingerprint density at radius 1 is 1.24 bits per heavy atom. The average molecular weight is 472 g/mol. The van der Waals surface area contributed by atoms with Gasteiger partial charge in [0.2, 0.25) is 0 Å². The molecule has 0 saturated carbocycles. The van der Waals surface area contributed by atoms with E-state index in [2.05, 4.69) is 22.6 Å². The highest BCUT2D eigenvalue weighted by molar-refractivity contribution is 14.1. The van der Waals surface area contributed by atoms with Crippen LogP contribution in [-0.4, -0.2) is 24.3 Å². The van der Waals surface area contributed by atoms with Crippen molar-refractivity contribution >= 4 is 40.3 Å². The fourth-order valence-electron chi connectivity index (χ4n) is 2.25.